The van der Waals surface area contributed by atoms with Gasteiger partial charge in [0.25, 0.3) is 0 Å². The van der Waals surface area contributed by atoms with Crippen molar-refractivity contribution in [3.63, 3.8) is 0 Å². The molecule has 15 heavy (non-hydrogen) atoms. The Balaban J connectivity index is -0.000000180. The number of hydrogen-bond donors (Lipinski definition) is 4. The van der Waals surface area contributed by atoms with Crippen LogP contribution in [0.4, 0.5) is 0 Å². The summed E-state index contributed by atoms with van der Waals surface area (Å²) in [4.78, 5) is 0. The van der Waals surface area contributed by atoms with Gasteiger partial charge in [0.2, 0.25) is 0 Å². The van der Waals surface area contributed by atoms with Crippen LogP contribution in [0.1, 0.15) is 13.8 Å². The maximum Gasteiger partial charge on any atom is 2.00 e. The minimum atomic E-state index is -1.17. The Morgan fingerprint density at radius 2 is 0.800 bits per heavy atom. The summed E-state index contributed by atoms with van der Waals surface area (Å²) in [5.41, 5.74) is 0. The molecule has 0 radical (unpaired) electrons. The predicted octanol–water partition coefficient (Wildman–Crippen LogP) is -3.08. The summed E-state index contributed by atoms with van der Waals surface area (Å²) in [5, 5.41) is 31.3. The molecule has 0 aliphatic rings. The molecule has 0 aromatic carbocycles. The summed E-state index contributed by atoms with van der Waals surface area (Å²) in [5.74, 6) is -2.33. The second kappa shape index (κ2) is 9.60. The van der Waals surface area contributed by atoms with Crippen molar-refractivity contribution in [2.45, 2.75) is 25.5 Å². The molecule has 0 aromatic heterocycles. The van der Waals surface area contributed by atoms with Gasteiger partial charge in [-0.05, 0) is 53.7 Å². The van der Waals surface area contributed by atoms with Crippen molar-refractivity contribution in [3.05, 3.63) is 0 Å². The van der Waals surface area contributed by atoms with Crippen molar-refractivity contribution in [3.8, 4) is 0 Å². The van der Waals surface area contributed by atoms with Gasteiger partial charge < -0.3 is 31.5 Å². The minimum Gasteiger partial charge on any atom is -0.827 e. The zero-order chi connectivity index (χ0) is 11.8. The first kappa shape index (κ1) is 20.8. The quantitative estimate of drug-likeness (QED) is 0.320. The molecule has 0 unspecified atom stereocenters. The SMILES string of the molecule is CNC(C)([O-])NC.CNC(C)([O-])NC.[Zn+2]. The van der Waals surface area contributed by atoms with E-state index in [1.165, 1.54) is 13.8 Å². The van der Waals surface area contributed by atoms with Crippen LogP contribution in [0.25, 0.3) is 0 Å². The Kier molecular flexibility index (Phi) is 13.3. The van der Waals surface area contributed by atoms with Crippen molar-refractivity contribution in [1.29, 1.82) is 0 Å². The van der Waals surface area contributed by atoms with Crippen molar-refractivity contribution in [2.24, 2.45) is 0 Å². The molecule has 0 rings (SSSR count). The van der Waals surface area contributed by atoms with Crippen molar-refractivity contribution in [1.82, 2.24) is 21.3 Å². The van der Waals surface area contributed by atoms with Crippen LogP contribution < -0.4 is 31.5 Å². The van der Waals surface area contributed by atoms with E-state index in [0.29, 0.717) is 0 Å². The summed E-state index contributed by atoms with van der Waals surface area (Å²) in [7, 11) is 6.46. The Hall–Kier alpha value is 0.383. The Morgan fingerprint density at radius 3 is 0.800 bits per heavy atom. The summed E-state index contributed by atoms with van der Waals surface area (Å²) >= 11 is 0. The first-order valence-electron chi connectivity index (χ1n) is 4.41. The van der Waals surface area contributed by atoms with Crippen LogP contribution in [0.2, 0.25) is 0 Å². The molecule has 0 saturated carbocycles. The topological polar surface area (TPSA) is 94.2 Å². The third-order valence-corrected chi connectivity index (χ3v) is 1.91. The summed E-state index contributed by atoms with van der Waals surface area (Å²) in [6.45, 7) is 3.04. The van der Waals surface area contributed by atoms with Gasteiger partial charge in [0.1, 0.15) is 0 Å². The number of nitrogens with one attached hydrogen (secondary N) is 4. The van der Waals surface area contributed by atoms with E-state index in [1.807, 2.05) is 0 Å². The smallest absolute Gasteiger partial charge is 0.827 e. The van der Waals surface area contributed by atoms with E-state index in [-0.39, 0.29) is 19.5 Å². The van der Waals surface area contributed by atoms with E-state index in [4.69, 9.17) is 0 Å². The first-order chi connectivity index (χ1) is 6.24. The van der Waals surface area contributed by atoms with Crippen LogP contribution in [0.15, 0.2) is 0 Å². The fourth-order valence-corrected chi connectivity index (χ4v) is 0.250. The molecule has 0 heterocycles. The summed E-state index contributed by atoms with van der Waals surface area (Å²) in [6.07, 6.45) is 0. The van der Waals surface area contributed by atoms with Crippen LogP contribution in [-0.4, -0.2) is 39.9 Å². The Morgan fingerprint density at radius 1 is 0.667 bits per heavy atom. The molecule has 4 N–H and O–H groups in total. The van der Waals surface area contributed by atoms with Crippen LogP contribution in [0, 0.1) is 0 Å². The molecule has 0 aliphatic carbocycles. The van der Waals surface area contributed by atoms with E-state index in [2.05, 4.69) is 21.3 Å². The van der Waals surface area contributed by atoms with Crippen LogP contribution in [0.5, 0.6) is 0 Å². The first-order valence-corrected chi connectivity index (χ1v) is 4.41. The second-order valence-electron chi connectivity index (χ2n) is 3.07. The minimum absolute atomic E-state index is 0. The molecule has 0 fully saturated rings. The monoisotopic (exact) mass is 270 g/mol. The number of rotatable bonds is 4. The van der Waals surface area contributed by atoms with Crippen molar-refractivity contribution >= 4 is 0 Å². The van der Waals surface area contributed by atoms with Crippen molar-refractivity contribution in [2.75, 3.05) is 28.2 Å². The van der Waals surface area contributed by atoms with E-state index in [9.17, 15) is 10.2 Å². The average Bonchev–Trinajstić information content (AvgIpc) is 2.19. The molecule has 0 spiro atoms. The van der Waals surface area contributed by atoms with Gasteiger partial charge in [-0.15, -0.1) is 0 Å². The fourth-order valence-electron chi connectivity index (χ4n) is 0.250. The van der Waals surface area contributed by atoms with Gasteiger partial charge >= 0.3 is 19.5 Å². The third kappa shape index (κ3) is 14.4. The van der Waals surface area contributed by atoms with E-state index in [0.717, 1.165) is 0 Å². The predicted molar refractivity (Wildman–Crippen MR) is 53.0 cm³/mol. The maximum absolute atomic E-state index is 10.6. The van der Waals surface area contributed by atoms with Gasteiger partial charge in [-0.2, -0.15) is 0 Å². The molecule has 0 atom stereocenters. The summed E-state index contributed by atoms with van der Waals surface area (Å²) < 4.78 is 0. The molecular weight excluding hydrogens is 250 g/mol. The van der Waals surface area contributed by atoms with Gasteiger partial charge in [-0.1, -0.05) is 0 Å². The van der Waals surface area contributed by atoms with Gasteiger partial charge in [0.05, 0.1) is 0 Å². The van der Waals surface area contributed by atoms with E-state index in [1.54, 1.807) is 28.2 Å². The normalized spacial score (nSPS) is 11.2. The average molecular weight is 272 g/mol. The van der Waals surface area contributed by atoms with Crippen LogP contribution in [0.3, 0.4) is 0 Å². The summed E-state index contributed by atoms with van der Waals surface area (Å²) in [6, 6.07) is 0. The zero-order valence-corrected chi connectivity index (χ0v) is 13.5. The van der Waals surface area contributed by atoms with Gasteiger partial charge in [0.15, 0.2) is 0 Å². The van der Waals surface area contributed by atoms with E-state index >= 15 is 0 Å². The largest absolute Gasteiger partial charge is 2.00 e. The van der Waals surface area contributed by atoms with Gasteiger partial charge in [-0.3, -0.25) is 0 Å². The van der Waals surface area contributed by atoms with Crippen LogP contribution >= 0.6 is 0 Å². The fraction of sp³-hybridized carbons (Fsp3) is 1.00. The molecule has 0 saturated heterocycles. The maximum atomic E-state index is 10.6. The van der Waals surface area contributed by atoms with Crippen LogP contribution in [-0.2, 0) is 19.5 Å². The molecule has 0 aromatic rings. The Labute approximate surface area is 105 Å². The second-order valence-corrected chi connectivity index (χ2v) is 3.07. The molecule has 6 nitrogen and oxygen atoms in total. The molecule has 0 bridgehead atoms. The van der Waals surface area contributed by atoms with Gasteiger partial charge in [-0.25, -0.2) is 0 Å². The zero-order valence-electron chi connectivity index (χ0n) is 10.5. The molecule has 7 heteroatoms. The molecule has 0 amide bonds. The van der Waals surface area contributed by atoms with Crippen molar-refractivity contribution < 1.29 is 29.7 Å². The molecular formula is C8H22N4O2Zn. The third-order valence-electron chi connectivity index (χ3n) is 1.91. The van der Waals surface area contributed by atoms with Gasteiger partial charge in [0, 0.05) is 0 Å². The number of hydrogen-bond acceptors (Lipinski definition) is 6. The Bertz CT molecular complexity index is 117. The van der Waals surface area contributed by atoms with E-state index < -0.39 is 11.7 Å². The molecule has 0 aliphatic heterocycles. The standard InChI is InChI=1S/2C4H11N2O.Zn/c2*1-4(7,5-2)6-3;/h2*5-6H,1-3H3;/q2*-1;+2. The molecule has 88 valence electrons.